The van der Waals surface area contributed by atoms with E-state index in [0.717, 1.165) is 4.70 Å². The highest BCUT2D eigenvalue weighted by Crippen LogP contribution is 2.42. The molecule has 1 aliphatic rings. The number of rotatable bonds is 3. The van der Waals surface area contributed by atoms with Gasteiger partial charge in [0.1, 0.15) is 5.01 Å². The van der Waals surface area contributed by atoms with E-state index in [0.29, 0.717) is 16.1 Å². The van der Waals surface area contributed by atoms with Crippen LogP contribution in [0.5, 0.6) is 0 Å². The van der Waals surface area contributed by atoms with Gasteiger partial charge in [-0.25, -0.2) is 4.98 Å². The maximum Gasteiger partial charge on any atom is 0.413 e. The first-order valence-corrected chi connectivity index (χ1v) is 10.0. The number of halogens is 6. The van der Waals surface area contributed by atoms with Gasteiger partial charge in [-0.2, -0.15) is 26.3 Å². The van der Waals surface area contributed by atoms with Crippen molar-refractivity contribution in [1.82, 2.24) is 9.97 Å². The Morgan fingerprint density at radius 2 is 1.75 bits per heavy atom. The highest BCUT2D eigenvalue weighted by molar-refractivity contribution is 7.21. The number of aromatic nitrogens is 2. The number of para-hydroxylation sites is 1. The molecule has 11 heteroatoms. The minimum Gasteiger partial charge on any atom is -0.321 e. The first kappa shape index (κ1) is 22.0. The predicted octanol–water partition coefficient (Wildman–Crippen LogP) is 6.44. The van der Waals surface area contributed by atoms with Gasteiger partial charge in [0.2, 0.25) is 0 Å². The molecular formula is C21H13F6N3OS. The Hall–Kier alpha value is -3.21. The third-order valence-corrected chi connectivity index (χ3v) is 5.87. The van der Waals surface area contributed by atoms with Crippen LogP contribution in [0, 0.1) is 0 Å². The lowest BCUT2D eigenvalue weighted by molar-refractivity contribution is -0.115. The molecule has 0 saturated heterocycles. The van der Waals surface area contributed by atoms with Crippen molar-refractivity contribution < 1.29 is 31.1 Å². The van der Waals surface area contributed by atoms with Crippen molar-refractivity contribution in [3.05, 3.63) is 65.5 Å². The zero-order valence-electron chi connectivity index (χ0n) is 16.0. The molecule has 32 heavy (non-hydrogen) atoms. The maximum absolute atomic E-state index is 13.4. The average molecular weight is 469 g/mol. The summed E-state index contributed by atoms with van der Waals surface area (Å²) >= 11 is 1.26. The van der Waals surface area contributed by atoms with Crippen LogP contribution >= 0.6 is 11.3 Å². The van der Waals surface area contributed by atoms with Gasteiger partial charge < -0.3 is 5.32 Å². The van der Waals surface area contributed by atoms with E-state index in [-0.39, 0.29) is 11.8 Å². The van der Waals surface area contributed by atoms with E-state index < -0.39 is 47.8 Å². The van der Waals surface area contributed by atoms with E-state index in [1.165, 1.54) is 17.4 Å². The second-order valence-corrected chi connectivity index (χ2v) is 7.95. The van der Waals surface area contributed by atoms with Gasteiger partial charge in [-0.1, -0.05) is 12.1 Å². The number of alkyl halides is 6. The van der Waals surface area contributed by atoms with Crippen molar-refractivity contribution in [2.45, 2.75) is 25.2 Å². The van der Waals surface area contributed by atoms with E-state index >= 15 is 0 Å². The number of pyridine rings is 1. The number of anilines is 1. The smallest absolute Gasteiger partial charge is 0.321 e. The largest absolute Gasteiger partial charge is 0.413 e. The number of allylic oxidation sites excluding steroid dienone is 2. The molecule has 0 spiro atoms. The van der Waals surface area contributed by atoms with Crippen LogP contribution in [-0.4, -0.2) is 28.2 Å². The Morgan fingerprint density at radius 1 is 1.00 bits per heavy atom. The fourth-order valence-electron chi connectivity index (χ4n) is 3.31. The number of nitrogens with zero attached hydrogens (tertiary/aromatic N) is 2. The minimum absolute atomic E-state index is 0.131. The Kier molecular flexibility index (Phi) is 5.53. The predicted molar refractivity (Wildman–Crippen MR) is 108 cm³/mol. The lowest BCUT2D eigenvalue weighted by atomic mass is 9.91. The van der Waals surface area contributed by atoms with Crippen LogP contribution in [0.2, 0.25) is 0 Å². The summed E-state index contributed by atoms with van der Waals surface area (Å²) in [6.07, 6.45) is -8.08. The summed E-state index contributed by atoms with van der Waals surface area (Å²) in [6.45, 7) is 0. The summed E-state index contributed by atoms with van der Waals surface area (Å²) in [6, 6.07) is 7.94. The second kappa shape index (κ2) is 8.05. The van der Waals surface area contributed by atoms with Crippen LogP contribution in [0.1, 0.15) is 12.8 Å². The van der Waals surface area contributed by atoms with Crippen LogP contribution in [0.4, 0.5) is 32.0 Å². The number of amides is 1. The molecular weight excluding hydrogens is 456 g/mol. The molecule has 0 atom stereocenters. The average Bonchev–Trinajstić information content (AvgIpc) is 3.16. The van der Waals surface area contributed by atoms with Gasteiger partial charge in [-0.15, -0.1) is 11.3 Å². The molecule has 0 bridgehead atoms. The molecule has 0 saturated carbocycles. The standard InChI is InChI=1S/C21H13F6N3OS/c22-20(23,24)11-5-6-14(21(25,26)27)13(9-11)18(31)29-15-4-2-1-3-12(15)19-30-16-7-8-28-10-17(16)32-19/h1-4,7-10H,5-6H2,(H,29,31). The Labute approximate surface area is 181 Å². The minimum atomic E-state index is -4.93. The summed E-state index contributed by atoms with van der Waals surface area (Å²) < 4.78 is 80.3. The molecule has 4 rings (SSSR count). The van der Waals surface area contributed by atoms with Gasteiger partial charge in [0.15, 0.2) is 0 Å². The molecule has 0 radical (unpaired) electrons. The monoisotopic (exact) mass is 469 g/mol. The molecule has 1 aliphatic carbocycles. The van der Waals surface area contributed by atoms with Gasteiger partial charge in [-0.05, 0) is 37.1 Å². The van der Waals surface area contributed by atoms with Crippen molar-refractivity contribution in [2.75, 3.05) is 5.32 Å². The number of hydrogen-bond acceptors (Lipinski definition) is 4. The summed E-state index contributed by atoms with van der Waals surface area (Å²) in [5.41, 5.74) is -2.31. The lowest BCUT2D eigenvalue weighted by Gasteiger charge is -2.23. The number of nitrogens with one attached hydrogen (secondary N) is 1. The Balaban J connectivity index is 1.73. The zero-order chi connectivity index (χ0) is 23.1. The molecule has 166 valence electrons. The quantitative estimate of drug-likeness (QED) is 0.450. The van der Waals surface area contributed by atoms with Gasteiger partial charge in [0.25, 0.3) is 5.91 Å². The molecule has 0 unspecified atom stereocenters. The van der Waals surface area contributed by atoms with Crippen molar-refractivity contribution in [3.63, 3.8) is 0 Å². The summed E-state index contributed by atoms with van der Waals surface area (Å²) in [7, 11) is 0. The molecule has 3 aromatic rings. The third kappa shape index (κ3) is 4.38. The summed E-state index contributed by atoms with van der Waals surface area (Å²) in [5.74, 6) is -1.27. The molecule has 1 N–H and O–H groups in total. The number of benzene rings is 1. The highest BCUT2D eigenvalue weighted by Gasteiger charge is 2.43. The second-order valence-electron chi connectivity index (χ2n) is 6.92. The molecule has 2 heterocycles. The van der Waals surface area contributed by atoms with Crippen LogP contribution in [0.15, 0.2) is 65.5 Å². The molecule has 0 aliphatic heterocycles. The van der Waals surface area contributed by atoms with Crippen LogP contribution in [-0.2, 0) is 4.79 Å². The first-order valence-electron chi connectivity index (χ1n) is 9.23. The van der Waals surface area contributed by atoms with Crippen molar-refractivity contribution in [3.8, 4) is 10.6 Å². The number of hydrogen-bond donors (Lipinski definition) is 1. The SMILES string of the molecule is O=C(Nc1ccccc1-c1nc2ccncc2s1)C1=C(C(F)(F)F)CCC(C(F)(F)F)=C1. The Bertz CT molecular complexity index is 1220. The topological polar surface area (TPSA) is 54.9 Å². The highest BCUT2D eigenvalue weighted by atomic mass is 32.1. The van der Waals surface area contributed by atoms with Crippen LogP contribution in [0.3, 0.4) is 0 Å². The number of carbonyl (C=O) groups excluding carboxylic acids is 1. The maximum atomic E-state index is 13.4. The number of thiazole rings is 1. The summed E-state index contributed by atoms with van der Waals surface area (Å²) in [5, 5.41) is 2.82. The normalized spacial score (nSPS) is 15.1. The van der Waals surface area contributed by atoms with Gasteiger partial charge in [0.05, 0.1) is 15.9 Å². The van der Waals surface area contributed by atoms with E-state index in [9.17, 15) is 31.1 Å². The van der Waals surface area contributed by atoms with E-state index in [4.69, 9.17) is 0 Å². The molecule has 2 aromatic heterocycles. The fourth-order valence-corrected chi connectivity index (χ4v) is 4.28. The number of carbonyl (C=O) groups is 1. The molecule has 1 amide bonds. The third-order valence-electron chi connectivity index (χ3n) is 4.84. The zero-order valence-corrected chi connectivity index (χ0v) is 16.8. The van der Waals surface area contributed by atoms with Gasteiger partial charge >= 0.3 is 12.4 Å². The lowest BCUT2D eigenvalue weighted by Crippen LogP contribution is -2.26. The fraction of sp³-hybridized carbons (Fsp3) is 0.190. The van der Waals surface area contributed by atoms with Crippen LogP contribution < -0.4 is 5.32 Å². The molecule has 4 nitrogen and oxygen atoms in total. The molecule has 0 fully saturated rings. The van der Waals surface area contributed by atoms with Crippen molar-refractivity contribution in [2.24, 2.45) is 0 Å². The molecule has 1 aromatic carbocycles. The summed E-state index contributed by atoms with van der Waals surface area (Å²) in [4.78, 5) is 21.2. The van der Waals surface area contributed by atoms with Gasteiger partial charge in [-0.3, -0.25) is 9.78 Å². The van der Waals surface area contributed by atoms with E-state index in [1.807, 2.05) is 0 Å². The Morgan fingerprint density at radius 3 is 2.44 bits per heavy atom. The van der Waals surface area contributed by atoms with E-state index in [1.54, 1.807) is 36.7 Å². The van der Waals surface area contributed by atoms with Crippen LogP contribution in [0.25, 0.3) is 20.8 Å². The first-order chi connectivity index (χ1) is 15.0. The van der Waals surface area contributed by atoms with Gasteiger partial charge in [0, 0.05) is 34.7 Å². The van der Waals surface area contributed by atoms with Crippen molar-refractivity contribution in [1.29, 1.82) is 0 Å². The van der Waals surface area contributed by atoms with Crippen molar-refractivity contribution >= 4 is 33.1 Å². The number of fused-ring (bicyclic) bond motifs is 1. The van der Waals surface area contributed by atoms with E-state index in [2.05, 4.69) is 15.3 Å².